The number of benzene rings is 2. The summed E-state index contributed by atoms with van der Waals surface area (Å²) in [6.45, 7) is 21.2. The van der Waals surface area contributed by atoms with E-state index in [0.717, 1.165) is 23.2 Å². The highest BCUT2D eigenvalue weighted by Crippen LogP contribution is 2.40. The summed E-state index contributed by atoms with van der Waals surface area (Å²) in [4.78, 5) is 10.6. The Morgan fingerprint density at radius 2 is 1.55 bits per heavy atom. The van der Waals surface area contributed by atoms with E-state index in [1.807, 2.05) is 37.4 Å². The van der Waals surface area contributed by atoms with Gasteiger partial charge in [-0.25, -0.2) is 0 Å². The van der Waals surface area contributed by atoms with E-state index < -0.39 is 14.4 Å². The minimum Gasteiger partial charge on any atom is -0.489 e. The average molecular weight is 541 g/mol. The third-order valence-corrected chi connectivity index (χ3v) is 12.4. The third-order valence-electron chi connectivity index (χ3n) is 8.85. The first-order valence-corrected chi connectivity index (χ1v) is 17.0. The quantitative estimate of drug-likeness (QED) is 0.325. The lowest BCUT2D eigenvalue weighted by molar-refractivity contribution is 0.00578. The summed E-state index contributed by atoms with van der Waals surface area (Å²) in [6.07, 6.45) is 1.65. The zero-order valence-electron chi connectivity index (χ0n) is 25.2. The van der Waals surface area contributed by atoms with Crippen LogP contribution in [0.15, 0.2) is 42.5 Å². The van der Waals surface area contributed by atoms with Gasteiger partial charge in [0.15, 0.2) is 8.32 Å². The molecule has 2 N–H and O–H groups in total. The molecule has 1 aliphatic rings. The number of ether oxygens (including phenoxy) is 1. The number of rotatable bonds is 11. The van der Waals surface area contributed by atoms with Crippen LogP contribution in [0.3, 0.4) is 0 Å². The number of aliphatic hydroxyl groups excluding tert-OH is 1. The molecule has 0 spiro atoms. The van der Waals surface area contributed by atoms with Gasteiger partial charge in [0, 0.05) is 0 Å². The Morgan fingerprint density at radius 1 is 0.974 bits per heavy atom. The predicted molar refractivity (Wildman–Crippen MR) is 160 cm³/mol. The van der Waals surface area contributed by atoms with Crippen LogP contribution in [0.25, 0.3) is 0 Å². The van der Waals surface area contributed by atoms with Crippen LogP contribution in [-0.4, -0.2) is 42.6 Å². The van der Waals surface area contributed by atoms with Crippen LogP contribution in [0.1, 0.15) is 90.8 Å². The van der Waals surface area contributed by atoms with Crippen molar-refractivity contribution < 1.29 is 23.9 Å². The minimum absolute atomic E-state index is 0.136. The van der Waals surface area contributed by atoms with Crippen molar-refractivity contribution in [2.75, 3.05) is 0 Å². The normalized spacial score (nSPS) is 18.2. The van der Waals surface area contributed by atoms with Gasteiger partial charge in [-0.1, -0.05) is 58.0 Å². The summed E-state index contributed by atoms with van der Waals surface area (Å²) < 4.78 is 18.4. The molecule has 0 aromatic heterocycles. The zero-order valence-corrected chi connectivity index (χ0v) is 26.2. The molecular weight excluding hydrogens is 491 g/mol. The first kappa shape index (κ1) is 30.9. The summed E-state index contributed by atoms with van der Waals surface area (Å²) in [7, 11) is -2.68. The molecule has 0 radical (unpaired) electrons. The van der Waals surface area contributed by atoms with Gasteiger partial charge in [0.1, 0.15) is 12.4 Å². The highest BCUT2D eigenvalue weighted by Gasteiger charge is 2.51. The van der Waals surface area contributed by atoms with Gasteiger partial charge in [0.25, 0.3) is 0 Å². The van der Waals surface area contributed by atoms with Gasteiger partial charge < -0.3 is 23.9 Å². The summed E-state index contributed by atoms with van der Waals surface area (Å²) in [5.74, 6) is 1.16. The molecule has 0 amide bonds. The van der Waals surface area contributed by atoms with E-state index in [-0.39, 0.29) is 23.4 Å². The molecule has 3 rings (SSSR count). The van der Waals surface area contributed by atoms with Crippen molar-refractivity contribution in [3.05, 3.63) is 59.2 Å². The maximum atomic E-state index is 10.9. The Labute approximate surface area is 232 Å². The maximum Gasteiger partial charge on any atom is 0.494 e. The van der Waals surface area contributed by atoms with Gasteiger partial charge in [0.05, 0.1) is 17.3 Å². The van der Waals surface area contributed by atoms with Gasteiger partial charge >= 0.3 is 7.12 Å². The van der Waals surface area contributed by atoms with Crippen LogP contribution >= 0.6 is 0 Å². The Hall–Kier alpha value is -1.64. The van der Waals surface area contributed by atoms with E-state index in [1.165, 1.54) is 11.1 Å². The fourth-order valence-electron chi connectivity index (χ4n) is 4.55. The van der Waals surface area contributed by atoms with Gasteiger partial charge in [0.2, 0.25) is 0 Å². The molecule has 7 heteroatoms. The second kappa shape index (κ2) is 11.5. The number of hydrogen-bond donors (Lipinski definition) is 2. The minimum atomic E-state index is -2.29. The van der Waals surface area contributed by atoms with Crippen LogP contribution in [-0.2, 0) is 22.3 Å². The van der Waals surface area contributed by atoms with Crippen LogP contribution in [0, 0.1) is 0 Å². The summed E-state index contributed by atoms with van der Waals surface area (Å²) in [6, 6.07) is 14.4. The second-order valence-electron chi connectivity index (χ2n) is 13.5. The molecule has 210 valence electrons. The fraction of sp³-hybridized carbons (Fsp3) is 0.613. The number of hydrogen-bond acceptors (Lipinski definition) is 5. The first-order valence-electron chi connectivity index (χ1n) is 14.0. The van der Waals surface area contributed by atoms with E-state index in [4.69, 9.17) is 14.0 Å². The number of aliphatic hydroxyl groups is 1. The molecule has 1 atom stereocenters. The van der Waals surface area contributed by atoms with E-state index in [9.17, 15) is 9.90 Å². The molecule has 2 aromatic rings. The van der Waals surface area contributed by atoms with Gasteiger partial charge in [-0.15, -0.1) is 0 Å². The molecule has 1 saturated heterocycles. The Balaban J connectivity index is 1.63. The van der Waals surface area contributed by atoms with Crippen LogP contribution in [0.5, 0.6) is 5.75 Å². The lowest BCUT2D eigenvalue weighted by atomic mass is 9.79. The maximum absolute atomic E-state index is 10.9. The molecule has 0 saturated carbocycles. The van der Waals surface area contributed by atoms with E-state index in [0.29, 0.717) is 25.4 Å². The lowest BCUT2D eigenvalue weighted by Gasteiger charge is -2.35. The fourth-order valence-corrected chi connectivity index (χ4v) is 5.30. The van der Waals surface area contributed by atoms with Crippen molar-refractivity contribution in [3.8, 4) is 5.75 Å². The van der Waals surface area contributed by atoms with Gasteiger partial charge in [-0.2, -0.15) is 0 Å². The van der Waals surface area contributed by atoms with Crippen LogP contribution in [0.2, 0.25) is 18.1 Å². The summed E-state index contributed by atoms with van der Waals surface area (Å²) in [5, 5.41) is 10.8. The second-order valence-corrected chi connectivity index (χ2v) is 17.9. The summed E-state index contributed by atoms with van der Waals surface area (Å²) >= 11 is 0. The molecule has 38 heavy (non-hydrogen) atoms. The van der Waals surface area contributed by atoms with E-state index in [1.54, 1.807) is 0 Å². The molecular formula is C31H49BO5Si. The van der Waals surface area contributed by atoms with Crippen molar-refractivity contribution in [2.45, 2.75) is 123 Å². The highest BCUT2D eigenvalue weighted by molar-refractivity contribution is 6.72. The SMILES string of the molecule is CC(C)c1ccc(COc2ccc(B3OC(C)(C)C(C)(C)O3)cc2)cc1CC(O)CCC(C)(C)[Si](C)(C)O. The smallest absolute Gasteiger partial charge is 0.489 e. The van der Waals surface area contributed by atoms with Gasteiger partial charge in [-0.3, -0.25) is 0 Å². The van der Waals surface area contributed by atoms with Gasteiger partial charge in [-0.05, 0) is 105 Å². The Morgan fingerprint density at radius 3 is 2.08 bits per heavy atom. The lowest BCUT2D eigenvalue weighted by Crippen LogP contribution is -2.41. The van der Waals surface area contributed by atoms with Crippen molar-refractivity contribution in [3.63, 3.8) is 0 Å². The largest absolute Gasteiger partial charge is 0.494 e. The molecule has 1 heterocycles. The van der Waals surface area contributed by atoms with E-state index >= 15 is 0 Å². The van der Waals surface area contributed by atoms with Crippen molar-refractivity contribution in [1.82, 2.24) is 0 Å². The molecule has 1 aliphatic heterocycles. The highest BCUT2D eigenvalue weighted by atomic mass is 28.4. The van der Waals surface area contributed by atoms with Crippen molar-refractivity contribution in [2.24, 2.45) is 0 Å². The third kappa shape index (κ3) is 7.30. The molecule has 0 bridgehead atoms. The predicted octanol–water partition coefficient (Wildman–Crippen LogP) is 6.35. The Bertz CT molecular complexity index is 1060. The van der Waals surface area contributed by atoms with Crippen molar-refractivity contribution >= 4 is 20.9 Å². The molecule has 1 unspecified atom stereocenters. The van der Waals surface area contributed by atoms with Crippen molar-refractivity contribution in [1.29, 1.82) is 0 Å². The zero-order chi connectivity index (χ0) is 28.5. The van der Waals surface area contributed by atoms with Crippen LogP contribution < -0.4 is 10.2 Å². The monoisotopic (exact) mass is 540 g/mol. The first-order chi connectivity index (χ1) is 17.4. The average Bonchev–Trinajstić information content (AvgIpc) is 3.02. The molecule has 5 nitrogen and oxygen atoms in total. The Kier molecular flexibility index (Phi) is 9.32. The van der Waals surface area contributed by atoms with E-state index in [2.05, 4.69) is 73.6 Å². The molecule has 1 fully saturated rings. The standard InChI is InChI=1S/C31H49BO5Si/c1-22(2)28-16-11-23(19-24(28)20-26(33)17-18-29(3,4)38(9,10)34)21-35-27-14-12-25(13-15-27)32-36-30(5,6)31(7,8)37-32/h11-16,19,22,26,33-34H,17-18,20-21H2,1-10H3. The summed E-state index contributed by atoms with van der Waals surface area (Å²) in [5.41, 5.74) is 3.75. The molecule has 2 aromatic carbocycles. The molecule has 0 aliphatic carbocycles. The topological polar surface area (TPSA) is 68.2 Å². The van der Waals surface area contributed by atoms with Crippen LogP contribution in [0.4, 0.5) is 0 Å².